The lowest BCUT2D eigenvalue weighted by Crippen LogP contribution is -2.01. The summed E-state index contributed by atoms with van der Waals surface area (Å²) >= 11 is 0. The normalized spacial score (nSPS) is 8.95. The second-order valence-corrected chi connectivity index (χ2v) is 4.13. The predicted molar refractivity (Wildman–Crippen MR) is 86.0 cm³/mol. The van der Waals surface area contributed by atoms with Crippen molar-refractivity contribution in [2.75, 3.05) is 7.11 Å². The summed E-state index contributed by atoms with van der Waals surface area (Å²) in [5.74, 6) is -0.410. The molecule has 21 heavy (non-hydrogen) atoms. The molecule has 0 bridgehead atoms. The largest absolute Gasteiger partial charge is 0.508 e. The van der Waals surface area contributed by atoms with Crippen LogP contribution in [0.4, 0.5) is 0 Å². The van der Waals surface area contributed by atoms with Gasteiger partial charge in [-0.15, -0.1) is 0 Å². The number of esters is 1. The minimum absolute atomic E-state index is 0. The monoisotopic (exact) mass is 289 g/mol. The van der Waals surface area contributed by atoms with Gasteiger partial charge in [-0.3, -0.25) is 0 Å². The molecule has 0 atom stereocenters. The maximum Gasteiger partial charge on any atom is 0.338 e. The van der Waals surface area contributed by atoms with Gasteiger partial charge in [-0.25, -0.2) is 4.79 Å². The van der Waals surface area contributed by atoms with E-state index in [1.54, 1.807) is 12.1 Å². The van der Waals surface area contributed by atoms with Crippen molar-refractivity contribution in [3.63, 3.8) is 0 Å². The van der Waals surface area contributed by atoms with Crippen LogP contribution in [0, 0.1) is 6.92 Å². The third-order valence-electron chi connectivity index (χ3n) is 2.72. The van der Waals surface area contributed by atoms with Gasteiger partial charge in [0, 0.05) is 0 Å². The van der Waals surface area contributed by atoms with Crippen LogP contribution < -0.4 is 6.15 Å². The Morgan fingerprint density at radius 2 is 1.57 bits per heavy atom. The Labute approximate surface area is 126 Å². The Hall–Kier alpha value is -2.33. The molecular weight excluding hydrogens is 266 g/mol. The van der Waals surface area contributed by atoms with Gasteiger partial charge in [-0.1, -0.05) is 43.7 Å². The van der Waals surface area contributed by atoms with E-state index in [0.29, 0.717) is 5.56 Å². The number of aromatic hydroxyl groups is 1. The van der Waals surface area contributed by atoms with Gasteiger partial charge in [0.05, 0.1) is 12.7 Å². The molecule has 0 heterocycles. The number of phenols is 1. The van der Waals surface area contributed by atoms with E-state index in [1.165, 1.54) is 13.2 Å². The molecule has 4 N–H and O–H groups in total. The summed E-state index contributed by atoms with van der Waals surface area (Å²) in [4.78, 5) is 11.5. The lowest BCUT2D eigenvalue weighted by atomic mass is 10.0. The molecule has 0 saturated carbocycles. The molecule has 2 rings (SSSR count). The maximum atomic E-state index is 11.5. The summed E-state index contributed by atoms with van der Waals surface area (Å²) in [6.07, 6.45) is 0. The molecule has 0 aromatic heterocycles. The molecule has 4 heteroatoms. The number of hydrogen-bond donors (Lipinski definition) is 2. The Bertz CT molecular complexity index is 577. The van der Waals surface area contributed by atoms with Crippen molar-refractivity contribution < 1.29 is 14.6 Å². The molecule has 2 aromatic rings. The molecule has 0 fully saturated rings. The molecule has 0 amide bonds. The molecule has 0 spiro atoms. The highest BCUT2D eigenvalue weighted by Crippen LogP contribution is 2.26. The summed E-state index contributed by atoms with van der Waals surface area (Å²) in [6.45, 7) is 6.01. The topological polar surface area (TPSA) is 81.5 Å². The van der Waals surface area contributed by atoms with Crippen LogP contribution in [0.15, 0.2) is 42.5 Å². The van der Waals surface area contributed by atoms with E-state index in [2.05, 4.69) is 4.74 Å². The number of aryl methyl sites for hydroxylation is 1. The molecule has 0 radical (unpaired) electrons. The van der Waals surface area contributed by atoms with Crippen LogP contribution in [0.25, 0.3) is 11.1 Å². The second-order valence-electron chi connectivity index (χ2n) is 4.13. The van der Waals surface area contributed by atoms with Crippen molar-refractivity contribution in [3.8, 4) is 16.9 Å². The van der Waals surface area contributed by atoms with Gasteiger partial charge in [0.25, 0.3) is 0 Å². The summed E-state index contributed by atoms with van der Waals surface area (Å²) < 4.78 is 4.65. The van der Waals surface area contributed by atoms with Gasteiger partial charge >= 0.3 is 5.97 Å². The van der Waals surface area contributed by atoms with Gasteiger partial charge in [0.1, 0.15) is 5.75 Å². The molecule has 2 aromatic carbocycles. The number of ether oxygens (including phenoxy) is 1. The summed E-state index contributed by atoms with van der Waals surface area (Å²) in [5.41, 5.74) is 3.23. The van der Waals surface area contributed by atoms with Crippen LogP contribution in [-0.2, 0) is 4.74 Å². The fourth-order valence-electron chi connectivity index (χ4n) is 1.76. The summed E-state index contributed by atoms with van der Waals surface area (Å²) in [5, 5.41) is 9.65. The van der Waals surface area contributed by atoms with Crippen molar-refractivity contribution >= 4 is 5.97 Å². The maximum absolute atomic E-state index is 11.5. The number of rotatable bonds is 2. The van der Waals surface area contributed by atoms with Crippen molar-refractivity contribution in [2.45, 2.75) is 20.8 Å². The van der Waals surface area contributed by atoms with Crippen LogP contribution in [0.2, 0.25) is 0 Å². The number of phenolic OH excluding ortho intramolecular Hbond substituents is 1. The first-order chi connectivity index (χ1) is 9.60. The first-order valence-corrected chi connectivity index (χ1v) is 6.59. The van der Waals surface area contributed by atoms with E-state index in [4.69, 9.17) is 0 Å². The zero-order chi connectivity index (χ0) is 15.1. The number of carbonyl (C=O) groups is 1. The first-order valence-electron chi connectivity index (χ1n) is 6.59. The summed E-state index contributed by atoms with van der Waals surface area (Å²) in [7, 11) is 1.32. The van der Waals surface area contributed by atoms with E-state index in [0.717, 1.165) is 16.7 Å². The first kappa shape index (κ1) is 18.7. The third-order valence-corrected chi connectivity index (χ3v) is 2.72. The fourth-order valence-corrected chi connectivity index (χ4v) is 1.76. The minimum Gasteiger partial charge on any atom is -0.508 e. The van der Waals surface area contributed by atoms with Gasteiger partial charge in [0.2, 0.25) is 0 Å². The lowest BCUT2D eigenvalue weighted by molar-refractivity contribution is 0.0600. The number of hydrogen-bond acceptors (Lipinski definition) is 4. The highest BCUT2D eigenvalue weighted by Gasteiger charge is 2.09. The molecule has 0 aliphatic carbocycles. The van der Waals surface area contributed by atoms with E-state index >= 15 is 0 Å². The third kappa shape index (κ3) is 4.93. The fraction of sp³-hybridized carbons (Fsp3) is 0.235. The Balaban J connectivity index is 0.00000128. The van der Waals surface area contributed by atoms with E-state index in [-0.39, 0.29) is 11.9 Å². The highest BCUT2D eigenvalue weighted by atomic mass is 16.5. The van der Waals surface area contributed by atoms with Crippen molar-refractivity contribution in [1.29, 1.82) is 0 Å². The molecular formula is C17H23NO3. The van der Waals surface area contributed by atoms with Crippen LogP contribution in [0.1, 0.15) is 29.8 Å². The number of carbonyl (C=O) groups excluding carboxylic acids is 1. The summed E-state index contributed by atoms with van der Waals surface area (Å²) in [6, 6.07) is 12.6. The van der Waals surface area contributed by atoms with Crippen LogP contribution in [0.5, 0.6) is 5.75 Å². The zero-order valence-corrected chi connectivity index (χ0v) is 13.0. The number of benzene rings is 2. The van der Waals surface area contributed by atoms with Crippen LogP contribution in [0.3, 0.4) is 0 Å². The van der Waals surface area contributed by atoms with Gasteiger partial charge in [-0.05, 0) is 36.2 Å². The highest BCUT2D eigenvalue weighted by molar-refractivity contribution is 5.91. The lowest BCUT2D eigenvalue weighted by Gasteiger charge is -2.06. The van der Waals surface area contributed by atoms with Gasteiger partial charge < -0.3 is 16.0 Å². The number of methoxy groups -OCH3 is 1. The average molecular weight is 289 g/mol. The van der Waals surface area contributed by atoms with Crippen molar-refractivity contribution in [2.24, 2.45) is 0 Å². The smallest absolute Gasteiger partial charge is 0.338 e. The quantitative estimate of drug-likeness (QED) is 0.806. The van der Waals surface area contributed by atoms with Gasteiger partial charge in [0.15, 0.2) is 0 Å². The molecule has 4 nitrogen and oxygen atoms in total. The second kappa shape index (κ2) is 8.76. The van der Waals surface area contributed by atoms with Crippen molar-refractivity contribution in [1.82, 2.24) is 6.15 Å². The predicted octanol–water partition coefficient (Wildman–Crippen LogP) is 4.34. The minimum atomic E-state index is -0.459. The molecule has 0 aliphatic heterocycles. The van der Waals surface area contributed by atoms with E-state index in [9.17, 15) is 9.90 Å². The zero-order valence-electron chi connectivity index (χ0n) is 13.0. The van der Waals surface area contributed by atoms with E-state index < -0.39 is 5.97 Å². The Morgan fingerprint density at radius 1 is 1.00 bits per heavy atom. The molecule has 114 valence electrons. The Morgan fingerprint density at radius 3 is 2.10 bits per heavy atom. The van der Waals surface area contributed by atoms with Crippen molar-refractivity contribution in [3.05, 3.63) is 53.6 Å². The molecule has 0 unspecified atom stereocenters. The average Bonchev–Trinajstić information content (AvgIpc) is 2.48. The van der Waals surface area contributed by atoms with E-state index in [1.807, 2.05) is 45.0 Å². The van der Waals surface area contributed by atoms with Crippen LogP contribution in [-0.4, -0.2) is 18.2 Å². The van der Waals surface area contributed by atoms with Gasteiger partial charge in [-0.2, -0.15) is 0 Å². The Kier molecular flexibility index (Phi) is 7.79. The van der Waals surface area contributed by atoms with Crippen LogP contribution >= 0.6 is 0 Å². The molecule has 0 saturated heterocycles. The standard InChI is InChI=1S/C15H14O3.C2H6.H3N/c1-10-3-5-11(6-4-10)12-7-13(15(17)18-2)9-14(16)8-12;1-2;/h3-9,16H,1-2H3;1-2H3;1H3. The molecule has 0 aliphatic rings. The SMILES string of the molecule is CC.COC(=O)c1cc(O)cc(-c2ccc(C)cc2)c1.N.